The number of nitrogens with two attached hydrogens (primary N) is 1. The van der Waals surface area contributed by atoms with Crippen LogP contribution >= 0.6 is 0 Å². The predicted octanol–water partition coefficient (Wildman–Crippen LogP) is 0.982. The molecule has 5 nitrogen and oxygen atoms in total. The van der Waals surface area contributed by atoms with Crippen LogP contribution in [0.4, 0.5) is 0 Å². The van der Waals surface area contributed by atoms with E-state index < -0.39 is 6.04 Å². The van der Waals surface area contributed by atoms with Crippen LogP contribution in [-0.2, 0) is 4.79 Å². The Hall–Kier alpha value is -1.75. The molecular weight excluding hydrogens is 232 g/mol. The summed E-state index contributed by atoms with van der Waals surface area (Å²) in [6.07, 6.45) is 0. The van der Waals surface area contributed by atoms with Gasteiger partial charge in [0.05, 0.1) is 12.1 Å². The lowest BCUT2D eigenvalue weighted by Gasteiger charge is -2.21. The number of carbonyl (C=O) groups is 1. The molecule has 0 spiro atoms. The van der Waals surface area contributed by atoms with Crippen molar-refractivity contribution in [3.8, 4) is 11.5 Å². The van der Waals surface area contributed by atoms with E-state index in [4.69, 9.17) is 15.2 Å². The number of benzene rings is 1. The molecule has 1 aromatic rings. The summed E-state index contributed by atoms with van der Waals surface area (Å²) < 4.78 is 10.9. The smallest absolute Gasteiger partial charge is 0.237 e. The zero-order valence-electron chi connectivity index (χ0n) is 10.6. The molecule has 2 rings (SSSR count). The molecule has 18 heavy (non-hydrogen) atoms. The van der Waals surface area contributed by atoms with Crippen LogP contribution in [0, 0.1) is 0 Å². The zero-order chi connectivity index (χ0) is 13.1. The van der Waals surface area contributed by atoms with Crippen molar-refractivity contribution in [2.45, 2.75) is 25.9 Å². The molecule has 0 bridgehead atoms. The Labute approximate surface area is 106 Å². The van der Waals surface area contributed by atoms with E-state index in [1.165, 1.54) is 0 Å². The minimum absolute atomic E-state index is 0.112. The molecule has 5 heteroatoms. The van der Waals surface area contributed by atoms with Crippen LogP contribution in [0.25, 0.3) is 0 Å². The van der Waals surface area contributed by atoms with Crippen LogP contribution in [0.2, 0.25) is 0 Å². The molecule has 1 amide bonds. The number of rotatable bonds is 3. The zero-order valence-corrected chi connectivity index (χ0v) is 10.6. The summed E-state index contributed by atoms with van der Waals surface area (Å²) in [4.78, 5) is 11.5. The highest BCUT2D eigenvalue weighted by molar-refractivity contribution is 5.81. The fourth-order valence-corrected chi connectivity index (χ4v) is 1.76. The van der Waals surface area contributed by atoms with Gasteiger partial charge in [-0.25, -0.2) is 0 Å². The molecule has 0 fully saturated rings. The Morgan fingerprint density at radius 3 is 2.61 bits per heavy atom. The standard InChI is InChI=1S/C13H18N2O3/c1-8(14)13(16)15-9(2)10-3-4-11-12(7-10)18-6-5-17-11/h3-4,7-9H,5-6,14H2,1-2H3,(H,15,16). The summed E-state index contributed by atoms with van der Waals surface area (Å²) in [5.74, 6) is 1.30. The third kappa shape index (κ3) is 2.73. The van der Waals surface area contributed by atoms with Gasteiger partial charge in [-0.2, -0.15) is 0 Å². The van der Waals surface area contributed by atoms with E-state index in [2.05, 4.69) is 5.32 Å². The minimum Gasteiger partial charge on any atom is -0.486 e. The van der Waals surface area contributed by atoms with Crippen molar-refractivity contribution in [2.24, 2.45) is 5.73 Å². The molecule has 2 unspecified atom stereocenters. The maximum atomic E-state index is 11.5. The second-order valence-electron chi connectivity index (χ2n) is 4.42. The van der Waals surface area contributed by atoms with Gasteiger partial charge in [-0.15, -0.1) is 0 Å². The SMILES string of the molecule is CC(N)C(=O)NC(C)c1ccc2c(c1)OCCO2. The molecule has 0 saturated heterocycles. The second kappa shape index (κ2) is 5.27. The summed E-state index contributed by atoms with van der Waals surface area (Å²) in [6.45, 7) is 4.69. The third-order valence-electron chi connectivity index (χ3n) is 2.84. The van der Waals surface area contributed by atoms with Crippen LogP contribution < -0.4 is 20.5 Å². The van der Waals surface area contributed by atoms with Crippen molar-refractivity contribution in [3.63, 3.8) is 0 Å². The van der Waals surface area contributed by atoms with Crippen LogP contribution in [0.5, 0.6) is 11.5 Å². The number of hydrogen-bond donors (Lipinski definition) is 2. The average Bonchev–Trinajstić information content (AvgIpc) is 2.37. The topological polar surface area (TPSA) is 73.6 Å². The average molecular weight is 250 g/mol. The van der Waals surface area contributed by atoms with E-state index in [-0.39, 0.29) is 11.9 Å². The number of fused-ring (bicyclic) bond motifs is 1. The van der Waals surface area contributed by atoms with Gasteiger partial charge < -0.3 is 20.5 Å². The Morgan fingerprint density at radius 2 is 1.94 bits per heavy atom. The number of amides is 1. The van der Waals surface area contributed by atoms with E-state index in [0.717, 1.165) is 17.1 Å². The maximum absolute atomic E-state index is 11.5. The van der Waals surface area contributed by atoms with Crippen LogP contribution in [0.1, 0.15) is 25.5 Å². The first-order chi connectivity index (χ1) is 8.58. The summed E-state index contributed by atoms with van der Waals surface area (Å²) in [6, 6.07) is 5.04. The third-order valence-corrected chi connectivity index (χ3v) is 2.84. The quantitative estimate of drug-likeness (QED) is 0.838. The van der Waals surface area contributed by atoms with Gasteiger partial charge in [-0.3, -0.25) is 4.79 Å². The molecular formula is C13H18N2O3. The van der Waals surface area contributed by atoms with Gasteiger partial charge in [0.2, 0.25) is 5.91 Å². The van der Waals surface area contributed by atoms with Crippen LogP contribution in [0.3, 0.4) is 0 Å². The van der Waals surface area contributed by atoms with Gasteiger partial charge in [-0.05, 0) is 31.5 Å². The summed E-state index contributed by atoms with van der Waals surface area (Å²) in [7, 11) is 0. The summed E-state index contributed by atoms with van der Waals surface area (Å²) >= 11 is 0. The molecule has 1 aliphatic heterocycles. The van der Waals surface area contributed by atoms with Crippen molar-refractivity contribution in [2.75, 3.05) is 13.2 Å². The second-order valence-corrected chi connectivity index (χ2v) is 4.42. The van der Waals surface area contributed by atoms with Gasteiger partial charge in [0.15, 0.2) is 11.5 Å². The van der Waals surface area contributed by atoms with Crippen molar-refractivity contribution in [1.29, 1.82) is 0 Å². The molecule has 0 aromatic heterocycles. The van der Waals surface area contributed by atoms with Gasteiger partial charge in [0.1, 0.15) is 13.2 Å². The minimum atomic E-state index is -0.510. The highest BCUT2D eigenvalue weighted by atomic mass is 16.6. The van der Waals surface area contributed by atoms with Gasteiger partial charge in [0.25, 0.3) is 0 Å². The van der Waals surface area contributed by atoms with Crippen molar-refractivity contribution in [1.82, 2.24) is 5.32 Å². The first kappa shape index (κ1) is 12.7. The lowest BCUT2D eigenvalue weighted by molar-refractivity contribution is -0.122. The van der Waals surface area contributed by atoms with Gasteiger partial charge in [0, 0.05) is 0 Å². The Balaban J connectivity index is 2.11. The monoisotopic (exact) mass is 250 g/mol. The molecule has 2 atom stereocenters. The molecule has 98 valence electrons. The molecule has 1 heterocycles. The first-order valence-corrected chi connectivity index (χ1v) is 6.03. The lowest BCUT2D eigenvalue weighted by Crippen LogP contribution is -2.39. The summed E-state index contributed by atoms with van der Waals surface area (Å²) in [5, 5.41) is 2.84. The molecule has 3 N–H and O–H groups in total. The first-order valence-electron chi connectivity index (χ1n) is 6.03. The van der Waals surface area contributed by atoms with E-state index in [1.54, 1.807) is 6.92 Å². The van der Waals surface area contributed by atoms with E-state index in [0.29, 0.717) is 13.2 Å². The molecule has 0 aliphatic carbocycles. The van der Waals surface area contributed by atoms with E-state index in [1.807, 2.05) is 25.1 Å². The fourth-order valence-electron chi connectivity index (χ4n) is 1.76. The number of nitrogens with one attached hydrogen (secondary N) is 1. The number of carbonyl (C=O) groups excluding carboxylic acids is 1. The lowest BCUT2D eigenvalue weighted by atomic mass is 10.1. The summed E-state index contributed by atoms with van der Waals surface area (Å²) in [5.41, 5.74) is 6.48. The fraction of sp³-hybridized carbons (Fsp3) is 0.462. The van der Waals surface area contributed by atoms with E-state index >= 15 is 0 Å². The largest absolute Gasteiger partial charge is 0.486 e. The predicted molar refractivity (Wildman–Crippen MR) is 67.6 cm³/mol. The Kier molecular flexibility index (Phi) is 3.72. The van der Waals surface area contributed by atoms with Crippen LogP contribution in [-0.4, -0.2) is 25.2 Å². The van der Waals surface area contributed by atoms with Crippen LogP contribution in [0.15, 0.2) is 18.2 Å². The number of ether oxygens (including phenoxy) is 2. The molecule has 1 aromatic carbocycles. The highest BCUT2D eigenvalue weighted by Gasteiger charge is 2.16. The van der Waals surface area contributed by atoms with Crippen molar-refractivity contribution in [3.05, 3.63) is 23.8 Å². The van der Waals surface area contributed by atoms with Gasteiger partial charge in [-0.1, -0.05) is 6.07 Å². The highest BCUT2D eigenvalue weighted by Crippen LogP contribution is 2.32. The maximum Gasteiger partial charge on any atom is 0.237 e. The van der Waals surface area contributed by atoms with E-state index in [9.17, 15) is 4.79 Å². The van der Waals surface area contributed by atoms with Gasteiger partial charge >= 0.3 is 0 Å². The van der Waals surface area contributed by atoms with Crippen molar-refractivity contribution >= 4 is 5.91 Å². The Morgan fingerprint density at radius 1 is 1.28 bits per heavy atom. The molecule has 0 saturated carbocycles. The Bertz CT molecular complexity index is 446. The number of hydrogen-bond acceptors (Lipinski definition) is 4. The van der Waals surface area contributed by atoms with Crippen molar-refractivity contribution < 1.29 is 14.3 Å². The normalized spacial score (nSPS) is 16.8. The molecule has 1 aliphatic rings. The molecule has 0 radical (unpaired) electrons.